The van der Waals surface area contributed by atoms with Gasteiger partial charge in [0.1, 0.15) is 0 Å². The molecule has 0 aromatic carbocycles. The molecule has 0 atom stereocenters. The van der Waals surface area contributed by atoms with Gasteiger partial charge in [0.05, 0.1) is 11.1 Å². The second kappa shape index (κ2) is 3.24. The van der Waals surface area contributed by atoms with Crippen molar-refractivity contribution in [3.05, 3.63) is 28.7 Å². The van der Waals surface area contributed by atoms with Gasteiger partial charge in [0.25, 0.3) is 0 Å². The highest BCUT2D eigenvalue weighted by Gasteiger charge is 2.16. The van der Waals surface area contributed by atoms with E-state index < -0.39 is 5.97 Å². The van der Waals surface area contributed by atoms with Crippen LogP contribution in [0.5, 0.6) is 0 Å². The Bertz CT molecular complexity index is 560. The van der Waals surface area contributed by atoms with Crippen LogP contribution < -0.4 is 0 Å². The van der Waals surface area contributed by atoms with Crippen molar-refractivity contribution in [2.45, 2.75) is 6.92 Å². The van der Waals surface area contributed by atoms with Gasteiger partial charge in [-0.15, -0.1) is 0 Å². The summed E-state index contributed by atoms with van der Waals surface area (Å²) < 4.78 is 1.78. The summed E-state index contributed by atoms with van der Waals surface area (Å²) >= 11 is 5.93. The van der Waals surface area contributed by atoms with Gasteiger partial charge in [0, 0.05) is 24.8 Å². The predicted molar refractivity (Wildman–Crippen MR) is 57.4 cm³/mol. The number of nitrogens with zero attached hydrogens (tertiary/aromatic N) is 2. The first-order valence-electron chi connectivity index (χ1n) is 4.35. The summed E-state index contributed by atoms with van der Waals surface area (Å²) in [7, 11) is 1.81. The molecule has 0 saturated carbocycles. The molecule has 0 aliphatic carbocycles. The largest absolute Gasteiger partial charge is 0.478 e. The molecule has 2 aromatic rings. The molecule has 2 rings (SSSR count). The third kappa shape index (κ3) is 1.37. The molecular weight excluding hydrogens is 216 g/mol. The fourth-order valence-electron chi connectivity index (χ4n) is 1.78. The number of aromatic carboxylic acids is 1. The zero-order valence-corrected chi connectivity index (χ0v) is 9.04. The van der Waals surface area contributed by atoms with E-state index in [2.05, 4.69) is 4.98 Å². The molecule has 0 saturated heterocycles. The van der Waals surface area contributed by atoms with Crippen LogP contribution in [0.2, 0.25) is 5.15 Å². The fourth-order valence-corrected chi connectivity index (χ4v) is 2.06. The predicted octanol–water partition coefficient (Wildman–Crippen LogP) is 2.23. The second-order valence-corrected chi connectivity index (χ2v) is 3.77. The van der Waals surface area contributed by atoms with E-state index in [1.54, 1.807) is 4.57 Å². The van der Waals surface area contributed by atoms with Crippen LogP contribution in [0.3, 0.4) is 0 Å². The van der Waals surface area contributed by atoms with E-state index in [0.29, 0.717) is 16.1 Å². The lowest BCUT2D eigenvalue weighted by Crippen LogP contribution is -1.99. The summed E-state index contributed by atoms with van der Waals surface area (Å²) in [5, 5.41) is 10.00. The normalized spacial score (nSPS) is 10.9. The number of fused-ring (bicyclic) bond motifs is 1. The molecule has 0 radical (unpaired) electrons. The molecule has 5 heteroatoms. The summed E-state index contributed by atoms with van der Waals surface area (Å²) in [6, 6.07) is 0. The highest BCUT2D eigenvalue weighted by atomic mass is 35.5. The lowest BCUT2D eigenvalue weighted by atomic mass is 10.1. The average Bonchev–Trinajstić information content (AvgIpc) is 2.43. The zero-order valence-electron chi connectivity index (χ0n) is 8.28. The molecule has 2 heterocycles. The summed E-state index contributed by atoms with van der Waals surface area (Å²) in [5.41, 5.74) is 1.73. The number of halogens is 1. The van der Waals surface area contributed by atoms with Crippen LogP contribution in [0.25, 0.3) is 10.9 Å². The molecule has 0 bridgehead atoms. The quantitative estimate of drug-likeness (QED) is 0.756. The van der Waals surface area contributed by atoms with Crippen molar-refractivity contribution in [3.63, 3.8) is 0 Å². The summed E-state index contributed by atoms with van der Waals surface area (Å²) in [6.07, 6.45) is 3.13. The van der Waals surface area contributed by atoms with Gasteiger partial charge in [-0.2, -0.15) is 0 Å². The van der Waals surface area contributed by atoms with Crippen LogP contribution >= 0.6 is 11.6 Å². The maximum Gasteiger partial charge on any atom is 0.337 e. The second-order valence-electron chi connectivity index (χ2n) is 3.41. The van der Waals surface area contributed by atoms with Crippen molar-refractivity contribution < 1.29 is 9.90 Å². The number of aryl methyl sites for hydroxylation is 2. The molecule has 15 heavy (non-hydrogen) atoms. The third-order valence-corrected chi connectivity index (χ3v) is 2.65. The Morgan fingerprint density at radius 2 is 2.27 bits per heavy atom. The van der Waals surface area contributed by atoms with Gasteiger partial charge in [0.2, 0.25) is 0 Å². The van der Waals surface area contributed by atoms with E-state index in [0.717, 1.165) is 5.56 Å². The van der Waals surface area contributed by atoms with Crippen LogP contribution in [0.15, 0.2) is 12.4 Å². The Balaban J connectivity index is 2.98. The van der Waals surface area contributed by atoms with Crippen molar-refractivity contribution in [2.24, 2.45) is 7.05 Å². The standard InChI is InChI=1S/C10H9ClN2O2/c1-5-4-13(2)8-7(5)6(10(14)15)3-12-9(8)11/h3-4H,1-2H3,(H,14,15). The lowest BCUT2D eigenvalue weighted by Gasteiger charge is -2.01. The number of aromatic nitrogens is 2. The molecule has 2 aromatic heterocycles. The minimum Gasteiger partial charge on any atom is -0.478 e. The molecule has 0 spiro atoms. The van der Waals surface area contributed by atoms with Gasteiger partial charge in [-0.25, -0.2) is 9.78 Å². The van der Waals surface area contributed by atoms with E-state index in [1.165, 1.54) is 6.20 Å². The fraction of sp³-hybridized carbons (Fsp3) is 0.200. The van der Waals surface area contributed by atoms with Crippen LogP contribution in [-0.2, 0) is 7.05 Å². The number of rotatable bonds is 1. The topological polar surface area (TPSA) is 55.1 Å². The molecule has 4 nitrogen and oxygen atoms in total. The van der Waals surface area contributed by atoms with E-state index >= 15 is 0 Å². The van der Waals surface area contributed by atoms with Gasteiger partial charge < -0.3 is 9.67 Å². The molecule has 0 fully saturated rings. The van der Waals surface area contributed by atoms with Gasteiger partial charge in [-0.3, -0.25) is 0 Å². The Morgan fingerprint density at radius 1 is 1.60 bits per heavy atom. The Morgan fingerprint density at radius 3 is 2.87 bits per heavy atom. The zero-order chi connectivity index (χ0) is 11.2. The number of hydrogen-bond donors (Lipinski definition) is 1. The van der Waals surface area contributed by atoms with Gasteiger partial charge in [-0.05, 0) is 12.5 Å². The van der Waals surface area contributed by atoms with E-state index in [-0.39, 0.29) is 5.56 Å². The highest BCUT2D eigenvalue weighted by Crippen LogP contribution is 2.28. The van der Waals surface area contributed by atoms with Crippen molar-refractivity contribution in [1.82, 2.24) is 9.55 Å². The van der Waals surface area contributed by atoms with Gasteiger partial charge in [-0.1, -0.05) is 11.6 Å². The number of carboxylic acid groups (broad SMARTS) is 1. The molecule has 0 unspecified atom stereocenters. The number of carbonyl (C=O) groups is 1. The van der Waals surface area contributed by atoms with Gasteiger partial charge >= 0.3 is 5.97 Å². The van der Waals surface area contributed by atoms with Crippen molar-refractivity contribution >= 4 is 28.5 Å². The molecule has 0 aliphatic heterocycles. The molecule has 0 aliphatic rings. The maximum atomic E-state index is 11.0. The van der Waals surface area contributed by atoms with Crippen molar-refractivity contribution in [2.75, 3.05) is 0 Å². The van der Waals surface area contributed by atoms with E-state index in [9.17, 15) is 4.79 Å². The number of carboxylic acids is 1. The molecule has 1 N–H and O–H groups in total. The van der Waals surface area contributed by atoms with E-state index in [4.69, 9.17) is 16.7 Å². The summed E-state index contributed by atoms with van der Waals surface area (Å²) in [4.78, 5) is 14.9. The Hall–Kier alpha value is -1.55. The average molecular weight is 225 g/mol. The molecule has 78 valence electrons. The summed E-state index contributed by atoms with van der Waals surface area (Å²) in [5.74, 6) is -0.988. The first kappa shape index (κ1) is 9.98. The van der Waals surface area contributed by atoms with Crippen molar-refractivity contribution in [1.29, 1.82) is 0 Å². The molecular formula is C10H9ClN2O2. The van der Waals surface area contributed by atoms with E-state index in [1.807, 2.05) is 20.2 Å². The van der Waals surface area contributed by atoms with Crippen LogP contribution in [-0.4, -0.2) is 20.6 Å². The lowest BCUT2D eigenvalue weighted by molar-refractivity contribution is 0.0698. The van der Waals surface area contributed by atoms with Crippen LogP contribution in [0, 0.1) is 6.92 Å². The minimum atomic E-state index is -0.988. The van der Waals surface area contributed by atoms with Gasteiger partial charge in [0.15, 0.2) is 5.15 Å². The van der Waals surface area contributed by atoms with Crippen LogP contribution in [0.1, 0.15) is 15.9 Å². The third-order valence-electron chi connectivity index (χ3n) is 2.37. The SMILES string of the molecule is Cc1cn(C)c2c(Cl)ncc(C(=O)O)c12. The Labute approximate surface area is 91.1 Å². The first-order chi connectivity index (χ1) is 7.02. The first-order valence-corrected chi connectivity index (χ1v) is 4.73. The minimum absolute atomic E-state index is 0.188. The maximum absolute atomic E-state index is 11.0. The monoisotopic (exact) mass is 224 g/mol. The smallest absolute Gasteiger partial charge is 0.337 e. The molecule has 0 amide bonds. The summed E-state index contributed by atoms with van der Waals surface area (Å²) in [6.45, 7) is 1.85. The number of pyridine rings is 1. The van der Waals surface area contributed by atoms with Crippen molar-refractivity contribution in [3.8, 4) is 0 Å². The van der Waals surface area contributed by atoms with Crippen LogP contribution in [0.4, 0.5) is 0 Å². The Kier molecular flexibility index (Phi) is 2.16. The highest BCUT2D eigenvalue weighted by molar-refractivity contribution is 6.34. The number of hydrogen-bond acceptors (Lipinski definition) is 2.